The van der Waals surface area contributed by atoms with Gasteiger partial charge in [0.15, 0.2) is 0 Å². The van der Waals surface area contributed by atoms with E-state index in [2.05, 4.69) is 39.0 Å². The maximum atomic E-state index is 13.3. The summed E-state index contributed by atoms with van der Waals surface area (Å²) >= 11 is 0. The van der Waals surface area contributed by atoms with E-state index in [-0.39, 0.29) is 18.0 Å². The number of rotatable bonds is 9. The van der Waals surface area contributed by atoms with Gasteiger partial charge < -0.3 is 20.1 Å². The van der Waals surface area contributed by atoms with Crippen molar-refractivity contribution in [2.75, 3.05) is 45.3 Å². The number of nitrogens with one attached hydrogen (secondary N) is 2. The van der Waals surface area contributed by atoms with E-state index in [0.29, 0.717) is 29.1 Å². The zero-order chi connectivity index (χ0) is 21.8. The van der Waals surface area contributed by atoms with Crippen LogP contribution in [0.1, 0.15) is 43.0 Å². The third-order valence-corrected chi connectivity index (χ3v) is 7.33. The molecule has 8 nitrogen and oxygen atoms in total. The van der Waals surface area contributed by atoms with Gasteiger partial charge in [0.2, 0.25) is 5.88 Å². The highest BCUT2D eigenvalue weighted by Gasteiger charge is 2.46. The minimum atomic E-state index is -0.166. The first-order chi connectivity index (χ1) is 15.1. The van der Waals surface area contributed by atoms with Gasteiger partial charge in [-0.2, -0.15) is 0 Å². The Morgan fingerprint density at radius 2 is 2.13 bits per heavy atom. The number of nitrogens with zero attached hydrogens (tertiary/aromatic N) is 3. The first-order valence-electron chi connectivity index (χ1n) is 11.5. The standard InChI is InChI=1S/C23H35N5O3/c1-4-18(7-8-28-9-11-31-12-10-28)26-21-19(23(30-3)25-14-24-21)22(29)27-20-15(2)16-5-6-17(20)13-16/h4,14-18,20H,1,5-13H2,2-3H3,(H,27,29)(H,24,25,26). The summed E-state index contributed by atoms with van der Waals surface area (Å²) in [5.41, 5.74) is 0.373. The molecule has 3 fully saturated rings. The zero-order valence-corrected chi connectivity index (χ0v) is 18.7. The largest absolute Gasteiger partial charge is 0.480 e. The third-order valence-electron chi connectivity index (χ3n) is 7.33. The van der Waals surface area contributed by atoms with Crippen LogP contribution in [0.5, 0.6) is 5.88 Å². The van der Waals surface area contributed by atoms with E-state index >= 15 is 0 Å². The van der Waals surface area contributed by atoms with Gasteiger partial charge in [-0.05, 0) is 43.4 Å². The molecule has 4 rings (SSSR count). The van der Waals surface area contributed by atoms with Crippen molar-refractivity contribution in [1.29, 1.82) is 0 Å². The van der Waals surface area contributed by atoms with Gasteiger partial charge in [0.05, 0.1) is 20.3 Å². The number of methoxy groups -OCH3 is 1. The van der Waals surface area contributed by atoms with E-state index in [0.717, 1.165) is 45.2 Å². The molecule has 1 amide bonds. The van der Waals surface area contributed by atoms with Crippen molar-refractivity contribution in [3.8, 4) is 5.88 Å². The summed E-state index contributed by atoms with van der Waals surface area (Å²) in [5.74, 6) is 2.43. The normalized spacial score (nSPS) is 28.8. The fourth-order valence-electron chi connectivity index (χ4n) is 5.46. The Morgan fingerprint density at radius 3 is 2.81 bits per heavy atom. The Balaban J connectivity index is 1.45. The second kappa shape index (κ2) is 9.96. The Morgan fingerprint density at radius 1 is 1.35 bits per heavy atom. The highest BCUT2D eigenvalue weighted by atomic mass is 16.5. The molecule has 1 aliphatic heterocycles. The molecule has 5 atom stereocenters. The van der Waals surface area contributed by atoms with Gasteiger partial charge in [0.25, 0.3) is 5.91 Å². The number of carbonyl (C=O) groups excluding carboxylic acids is 1. The van der Waals surface area contributed by atoms with Crippen LogP contribution in [0, 0.1) is 17.8 Å². The number of fused-ring (bicyclic) bond motifs is 2. The van der Waals surface area contributed by atoms with Gasteiger partial charge in [-0.25, -0.2) is 9.97 Å². The van der Waals surface area contributed by atoms with E-state index in [1.165, 1.54) is 32.7 Å². The van der Waals surface area contributed by atoms with E-state index in [1.807, 2.05) is 6.08 Å². The van der Waals surface area contributed by atoms with Crippen molar-refractivity contribution in [3.05, 3.63) is 24.5 Å². The molecule has 5 unspecified atom stereocenters. The fourth-order valence-corrected chi connectivity index (χ4v) is 5.46. The topological polar surface area (TPSA) is 88.6 Å². The highest BCUT2D eigenvalue weighted by Crippen LogP contribution is 2.48. The quantitative estimate of drug-likeness (QED) is 0.583. The average molecular weight is 430 g/mol. The van der Waals surface area contributed by atoms with E-state index in [1.54, 1.807) is 0 Å². The molecule has 2 heterocycles. The number of anilines is 1. The number of ether oxygens (including phenoxy) is 2. The molecule has 0 radical (unpaired) electrons. The zero-order valence-electron chi connectivity index (χ0n) is 18.7. The van der Waals surface area contributed by atoms with Crippen LogP contribution in [-0.2, 0) is 4.74 Å². The van der Waals surface area contributed by atoms with E-state index in [4.69, 9.17) is 9.47 Å². The van der Waals surface area contributed by atoms with Gasteiger partial charge in [-0.3, -0.25) is 9.69 Å². The molecule has 31 heavy (non-hydrogen) atoms. The summed E-state index contributed by atoms with van der Waals surface area (Å²) in [4.78, 5) is 24.3. The van der Waals surface area contributed by atoms with Gasteiger partial charge in [0.1, 0.15) is 17.7 Å². The first kappa shape index (κ1) is 22.0. The average Bonchev–Trinajstić information content (AvgIpc) is 3.39. The van der Waals surface area contributed by atoms with E-state index in [9.17, 15) is 4.79 Å². The van der Waals surface area contributed by atoms with Crippen LogP contribution in [0.25, 0.3) is 0 Å². The van der Waals surface area contributed by atoms with Gasteiger partial charge >= 0.3 is 0 Å². The Bertz CT molecular complexity index is 780. The minimum absolute atomic E-state index is 0.0181. The molecule has 1 aromatic rings. The van der Waals surface area contributed by atoms with E-state index < -0.39 is 0 Å². The van der Waals surface area contributed by atoms with Crippen LogP contribution >= 0.6 is 0 Å². The lowest BCUT2D eigenvalue weighted by molar-refractivity contribution is 0.0372. The number of carbonyl (C=O) groups is 1. The monoisotopic (exact) mass is 429 g/mol. The van der Waals surface area contributed by atoms with Crippen LogP contribution < -0.4 is 15.4 Å². The molecule has 1 saturated heterocycles. The number of hydrogen-bond acceptors (Lipinski definition) is 7. The number of hydrogen-bond donors (Lipinski definition) is 2. The Hall–Kier alpha value is -2.19. The number of aromatic nitrogens is 2. The third kappa shape index (κ3) is 4.85. The lowest BCUT2D eigenvalue weighted by Crippen LogP contribution is -2.43. The van der Waals surface area contributed by atoms with Crippen molar-refractivity contribution in [3.63, 3.8) is 0 Å². The molecule has 2 N–H and O–H groups in total. The maximum Gasteiger partial charge on any atom is 0.260 e. The van der Waals surface area contributed by atoms with Gasteiger partial charge in [-0.15, -0.1) is 6.58 Å². The van der Waals surface area contributed by atoms with Gasteiger partial charge in [-0.1, -0.05) is 13.0 Å². The van der Waals surface area contributed by atoms with Crippen molar-refractivity contribution in [2.24, 2.45) is 17.8 Å². The summed E-state index contributed by atoms with van der Waals surface area (Å²) in [7, 11) is 1.53. The lowest BCUT2D eigenvalue weighted by Gasteiger charge is -2.30. The molecule has 0 spiro atoms. The minimum Gasteiger partial charge on any atom is -0.480 e. The molecule has 2 saturated carbocycles. The van der Waals surface area contributed by atoms with Crippen molar-refractivity contribution >= 4 is 11.7 Å². The molecular weight excluding hydrogens is 394 g/mol. The highest BCUT2D eigenvalue weighted by molar-refractivity contribution is 6.01. The molecular formula is C23H35N5O3. The van der Waals surface area contributed by atoms with Crippen molar-refractivity contribution in [1.82, 2.24) is 20.2 Å². The Kier molecular flexibility index (Phi) is 7.07. The molecule has 1 aromatic heterocycles. The molecule has 3 aliphatic rings. The summed E-state index contributed by atoms with van der Waals surface area (Å²) in [6.07, 6.45) is 7.87. The second-order valence-electron chi connectivity index (χ2n) is 9.03. The van der Waals surface area contributed by atoms with Crippen LogP contribution in [0.3, 0.4) is 0 Å². The summed E-state index contributed by atoms with van der Waals surface area (Å²) < 4.78 is 10.9. The van der Waals surface area contributed by atoms with Crippen LogP contribution in [0.2, 0.25) is 0 Å². The van der Waals surface area contributed by atoms with Gasteiger partial charge in [0, 0.05) is 31.7 Å². The van der Waals surface area contributed by atoms with Crippen molar-refractivity contribution < 1.29 is 14.3 Å². The maximum absolute atomic E-state index is 13.3. The molecule has 2 aliphatic carbocycles. The molecule has 2 bridgehead atoms. The number of morpholine rings is 1. The lowest BCUT2D eigenvalue weighted by atomic mass is 9.86. The number of amides is 1. The predicted molar refractivity (Wildman–Crippen MR) is 119 cm³/mol. The second-order valence-corrected chi connectivity index (χ2v) is 9.03. The van der Waals surface area contributed by atoms with Crippen LogP contribution in [0.4, 0.5) is 5.82 Å². The summed E-state index contributed by atoms with van der Waals surface area (Å²) in [5, 5.41) is 6.67. The fraction of sp³-hybridized carbons (Fsp3) is 0.696. The first-order valence-corrected chi connectivity index (χ1v) is 11.5. The SMILES string of the molecule is C=CC(CCN1CCOCC1)Nc1ncnc(OC)c1C(=O)NC1C2CCC(C2)C1C. The van der Waals surface area contributed by atoms with Crippen molar-refractivity contribution in [2.45, 2.75) is 44.7 Å². The molecule has 0 aromatic carbocycles. The predicted octanol–water partition coefficient (Wildman–Crippen LogP) is 2.34. The summed E-state index contributed by atoms with van der Waals surface area (Å²) in [6.45, 7) is 10.6. The van der Waals surface area contributed by atoms with Crippen LogP contribution in [0.15, 0.2) is 19.0 Å². The molecule has 8 heteroatoms. The molecule has 170 valence electrons. The smallest absolute Gasteiger partial charge is 0.260 e. The Labute approximate surface area is 184 Å². The van der Waals surface area contributed by atoms with Crippen LogP contribution in [-0.4, -0.2) is 72.8 Å². The summed E-state index contributed by atoms with van der Waals surface area (Å²) in [6, 6.07) is 0.191.